The predicted octanol–water partition coefficient (Wildman–Crippen LogP) is -1.37. The molecule has 222 valence electrons. The number of carboxylic acids is 1. The summed E-state index contributed by atoms with van der Waals surface area (Å²) in [6, 6.07) is 5.39. The normalized spacial score (nSPS) is 21.0. The summed E-state index contributed by atoms with van der Waals surface area (Å²) >= 11 is 2.18. The van der Waals surface area contributed by atoms with E-state index in [1.807, 2.05) is 18.2 Å². The van der Waals surface area contributed by atoms with Gasteiger partial charge in [0.2, 0.25) is 17.7 Å². The standard InChI is InChI=1S/C27H35IN6O7/c28-10-15-2-1-13-5-16(15)8-20(25(38)34-22(12-30)27(40)41)33-26(39)21(9-18(35)11-29)32-24(37)19(31)7-17-6-14(13)3-4-23(17)36/h1-6,18-22,35-36H,7-12,29-31H2,(H,32,37)(H,33,39)(H,34,38)(H,40,41)/t18-,19+,20+,21+,22+/m1/s1. The molecule has 0 saturated carbocycles. The molecule has 3 rings (SSSR count). The molecule has 41 heavy (non-hydrogen) atoms. The first-order valence-electron chi connectivity index (χ1n) is 12.9. The van der Waals surface area contributed by atoms with Crippen LogP contribution in [-0.2, 0) is 36.4 Å². The average molecular weight is 683 g/mol. The minimum absolute atomic E-state index is 0.0226. The summed E-state index contributed by atoms with van der Waals surface area (Å²) in [4.78, 5) is 51.4. The highest BCUT2D eigenvalue weighted by Crippen LogP contribution is 2.29. The van der Waals surface area contributed by atoms with Crippen LogP contribution >= 0.6 is 22.6 Å². The number of carboxylic acid groups (broad SMARTS) is 1. The lowest BCUT2D eigenvalue weighted by Crippen LogP contribution is -2.59. The summed E-state index contributed by atoms with van der Waals surface area (Å²) in [5.41, 5.74) is 20.7. The van der Waals surface area contributed by atoms with Crippen molar-refractivity contribution in [1.82, 2.24) is 16.0 Å². The van der Waals surface area contributed by atoms with Gasteiger partial charge >= 0.3 is 5.97 Å². The van der Waals surface area contributed by atoms with Gasteiger partial charge in [-0.3, -0.25) is 14.4 Å². The number of aromatic hydroxyl groups is 1. The van der Waals surface area contributed by atoms with Crippen LogP contribution in [-0.4, -0.2) is 82.4 Å². The maximum Gasteiger partial charge on any atom is 0.327 e. The number of phenolic OH excluding ortho intramolecular Hbond substituents is 1. The summed E-state index contributed by atoms with van der Waals surface area (Å²) in [6.45, 7) is -0.572. The van der Waals surface area contributed by atoms with Gasteiger partial charge in [0, 0.05) is 36.8 Å². The number of benzene rings is 2. The van der Waals surface area contributed by atoms with Crippen molar-refractivity contribution < 1.29 is 34.5 Å². The molecule has 13 nitrogen and oxygen atoms in total. The third kappa shape index (κ3) is 8.36. The van der Waals surface area contributed by atoms with E-state index in [1.54, 1.807) is 12.1 Å². The van der Waals surface area contributed by atoms with Crippen molar-refractivity contribution in [3.8, 4) is 16.9 Å². The highest BCUT2D eigenvalue weighted by Gasteiger charge is 2.32. The fourth-order valence-electron chi connectivity index (χ4n) is 4.46. The number of aliphatic hydroxyl groups excluding tert-OH is 1. The van der Waals surface area contributed by atoms with E-state index in [-0.39, 0.29) is 38.1 Å². The Morgan fingerprint density at radius 3 is 2.27 bits per heavy atom. The molecule has 0 saturated heterocycles. The maximum absolute atomic E-state index is 13.5. The zero-order chi connectivity index (χ0) is 30.3. The van der Waals surface area contributed by atoms with Gasteiger partial charge in [-0.05, 0) is 39.9 Å². The van der Waals surface area contributed by atoms with Gasteiger partial charge < -0.3 is 48.5 Å². The molecule has 0 aliphatic carbocycles. The van der Waals surface area contributed by atoms with E-state index in [1.165, 1.54) is 6.07 Å². The van der Waals surface area contributed by atoms with Gasteiger partial charge in [0.05, 0.1) is 12.1 Å². The van der Waals surface area contributed by atoms with Gasteiger partial charge in [0.1, 0.15) is 23.9 Å². The first-order valence-corrected chi connectivity index (χ1v) is 14.5. The van der Waals surface area contributed by atoms with Crippen molar-refractivity contribution in [2.45, 2.75) is 54.0 Å². The second-order valence-corrected chi connectivity index (χ2v) is 10.6. The zero-order valence-electron chi connectivity index (χ0n) is 22.2. The van der Waals surface area contributed by atoms with E-state index >= 15 is 0 Å². The van der Waals surface area contributed by atoms with Crippen LogP contribution in [0.15, 0.2) is 36.4 Å². The van der Waals surface area contributed by atoms with Gasteiger partial charge in [-0.25, -0.2) is 4.79 Å². The van der Waals surface area contributed by atoms with E-state index in [9.17, 15) is 34.5 Å². The van der Waals surface area contributed by atoms with Crippen molar-refractivity contribution >= 4 is 46.3 Å². The number of amides is 3. The molecule has 0 unspecified atom stereocenters. The predicted molar refractivity (Wildman–Crippen MR) is 159 cm³/mol. The molecule has 2 aromatic carbocycles. The Hall–Kier alpha value is -3.31. The Kier molecular flexibility index (Phi) is 11.4. The van der Waals surface area contributed by atoms with Crippen molar-refractivity contribution in [2.75, 3.05) is 13.1 Å². The van der Waals surface area contributed by atoms with Crippen LogP contribution in [0.25, 0.3) is 11.1 Å². The molecule has 0 spiro atoms. The van der Waals surface area contributed by atoms with Crippen molar-refractivity contribution in [2.24, 2.45) is 17.2 Å². The van der Waals surface area contributed by atoms with Crippen LogP contribution < -0.4 is 33.2 Å². The molecule has 1 aliphatic rings. The molecule has 1 heterocycles. The number of hydrogen-bond acceptors (Lipinski definition) is 9. The highest BCUT2D eigenvalue weighted by molar-refractivity contribution is 14.1. The van der Waals surface area contributed by atoms with Gasteiger partial charge in [-0.15, -0.1) is 0 Å². The second kappa shape index (κ2) is 14.5. The molecule has 5 atom stereocenters. The third-order valence-electron chi connectivity index (χ3n) is 6.86. The minimum Gasteiger partial charge on any atom is -0.508 e. The van der Waals surface area contributed by atoms with E-state index in [0.29, 0.717) is 15.6 Å². The number of carbonyl (C=O) groups is 4. The number of phenols is 1. The smallest absolute Gasteiger partial charge is 0.327 e. The van der Waals surface area contributed by atoms with Crippen LogP contribution in [0.5, 0.6) is 5.75 Å². The summed E-state index contributed by atoms with van der Waals surface area (Å²) in [7, 11) is 0. The molecule has 0 aromatic heterocycles. The molecule has 12 N–H and O–H groups in total. The average Bonchev–Trinajstić information content (AvgIpc) is 2.95. The van der Waals surface area contributed by atoms with Crippen molar-refractivity contribution in [3.63, 3.8) is 0 Å². The molecular weight excluding hydrogens is 647 g/mol. The molecule has 3 amide bonds. The summed E-state index contributed by atoms with van der Waals surface area (Å²) in [6.07, 6.45) is -1.50. The fourth-order valence-corrected chi connectivity index (χ4v) is 5.20. The summed E-state index contributed by atoms with van der Waals surface area (Å²) in [5.74, 6) is -3.71. The number of nitrogens with one attached hydrogen (secondary N) is 3. The maximum atomic E-state index is 13.5. The summed E-state index contributed by atoms with van der Waals surface area (Å²) in [5, 5.41) is 37.5. The first kappa shape index (κ1) is 32.2. The number of aliphatic carboxylic acids is 1. The lowest BCUT2D eigenvalue weighted by atomic mass is 9.93. The second-order valence-electron chi connectivity index (χ2n) is 9.86. The molecular formula is C27H35IN6O7. The SMILES string of the molecule is NC[C@H](O)C[C@@H]1NC(=O)[C@@H](N)Cc2cc(ccc2O)-c2ccc(CI)c(c2)C[C@@H](C(=O)N[C@@H](CN)C(=O)O)NC1=O. The Morgan fingerprint density at radius 2 is 1.66 bits per heavy atom. The van der Waals surface area contributed by atoms with Crippen LogP contribution in [0.1, 0.15) is 23.1 Å². The van der Waals surface area contributed by atoms with E-state index in [2.05, 4.69) is 38.5 Å². The van der Waals surface area contributed by atoms with Crippen molar-refractivity contribution in [3.05, 3.63) is 53.1 Å². The number of alkyl halides is 1. The Balaban J connectivity index is 2.14. The van der Waals surface area contributed by atoms with E-state index in [4.69, 9.17) is 17.2 Å². The van der Waals surface area contributed by atoms with Gasteiger partial charge in [0.15, 0.2) is 0 Å². The molecule has 4 bridgehead atoms. The quantitative estimate of drug-likeness (QED) is 0.117. The molecule has 0 fully saturated rings. The Labute approximate surface area is 250 Å². The van der Waals surface area contributed by atoms with Gasteiger partial charge in [0.25, 0.3) is 0 Å². The number of rotatable bonds is 8. The van der Waals surface area contributed by atoms with E-state index < -0.39 is 54.0 Å². The van der Waals surface area contributed by atoms with Crippen LogP contribution in [0.3, 0.4) is 0 Å². The Morgan fingerprint density at radius 1 is 1.00 bits per heavy atom. The molecule has 1 aliphatic heterocycles. The number of hydrogen-bond donors (Lipinski definition) is 9. The minimum atomic E-state index is -1.39. The largest absolute Gasteiger partial charge is 0.508 e. The van der Waals surface area contributed by atoms with E-state index in [0.717, 1.165) is 16.7 Å². The highest BCUT2D eigenvalue weighted by atomic mass is 127. The number of nitrogens with two attached hydrogens (primary N) is 3. The molecule has 2 aromatic rings. The zero-order valence-corrected chi connectivity index (χ0v) is 24.3. The monoisotopic (exact) mass is 682 g/mol. The van der Waals surface area contributed by atoms with Crippen LogP contribution in [0.2, 0.25) is 0 Å². The fraction of sp³-hybridized carbons (Fsp3) is 0.407. The number of halogens is 1. The lowest BCUT2D eigenvalue weighted by molar-refractivity contribution is -0.142. The number of fused-ring (bicyclic) bond motifs is 5. The van der Waals surface area contributed by atoms with Gasteiger partial charge in [-0.1, -0.05) is 46.9 Å². The van der Waals surface area contributed by atoms with Crippen molar-refractivity contribution in [1.29, 1.82) is 0 Å². The lowest BCUT2D eigenvalue weighted by Gasteiger charge is -2.26. The van der Waals surface area contributed by atoms with Gasteiger partial charge in [-0.2, -0.15) is 0 Å². The molecule has 14 heteroatoms. The van der Waals surface area contributed by atoms with Crippen LogP contribution in [0, 0.1) is 0 Å². The summed E-state index contributed by atoms with van der Waals surface area (Å²) < 4.78 is 0.577. The Bertz CT molecular complexity index is 1290. The first-order chi connectivity index (χ1) is 19.5. The van der Waals surface area contributed by atoms with Crippen LogP contribution in [0.4, 0.5) is 0 Å². The third-order valence-corrected chi connectivity index (χ3v) is 7.68. The molecule has 0 radical (unpaired) electrons. The topological polar surface area (TPSA) is 243 Å². The number of carbonyl (C=O) groups excluding carboxylic acids is 3. The number of aliphatic hydroxyl groups is 1.